The molecule has 0 bridgehead atoms. The Kier molecular flexibility index (Phi) is 6.31. The second kappa shape index (κ2) is 7.04. The number of nitrogens with two attached hydrogens (primary N) is 1. The maximum Gasteiger partial charge on any atom is 0.0701 e. The summed E-state index contributed by atoms with van der Waals surface area (Å²) in [6.07, 6.45) is 1.18. The highest BCUT2D eigenvalue weighted by molar-refractivity contribution is 9.11. The minimum absolute atomic E-state index is 0.178. The third-order valence-corrected chi connectivity index (χ3v) is 5.04. The largest absolute Gasteiger partial charge is 0.330 e. The average molecular weight is 333 g/mol. The minimum atomic E-state index is 0.178. The van der Waals surface area contributed by atoms with Crippen molar-refractivity contribution in [3.8, 4) is 0 Å². The van der Waals surface area contributed by atoms with Crippen LogP contribution in [0, 0.1) is 5.41 Å². The second-order valence-corrected chi connectivity index (χ2v) is 8.15. The summed E-state index contributed by atoms with van der Waals surface area (Å²) < 4.78 is 1.21. The van der Waals surface area contributed by atoms with Crippen LogP contribution in [-0.2, 0) is 0 Å². The van der Waals surface area contributed by atoms with Crippen LogP contribution in [0.2, 0.25) is 0 Å². The van der Waals surface area contributed by atoms with Crippen LogP contribution in [0.4, 0.5) is 0 Å². The van der Waals surface area contributed by atoms with Crippen LogP contribution in [0.1, 0.15) is 45.0 Å². The number of hydrogen-bond acceptors (Lipinski definition) is 3. The summed E-state index contributed by atoms with van der Waals surface area (Å²) in [6, 6.07) is 4.82. The molecule has 1 aromatic rings. The third-order valence-electron chi connectivity index (χ3n) is 3.25. The lowest BCUT2D eigenvalue weighted by atomic mass is 9.92. The van der Waals surface area contributed by atoms with Gasteiger partial charge in [-0.25, -0.2) is 0 Å². The van der Waals surface area contributed by atoms with Crippen LogP contribution < -0.4 is 5.73 Å². The Balaban J connectivity index is 2.78. The normalized spacial score (nSPS) is 14.2. The van der Waals surface area contributed by atoms with Gasteiger partial charge < -0.3 is 5.73 Å². The topological polar surface area (TPSA) is 29.3 Å². The van der Waals surface area contributed by atoms with Crippen molar-refractivity contribution in [2.75, 3.05) is 19.6 Å². The number of hydrogen-bond donors (Lipinski definition) is 1. The second-order valence-electron chi connectivity index (χ2n) is 5.66. The van der Waals surface area contributed by atoms with E-state index in [1.807, 2.05) is 11.3 Å². The van der Waals surface area contributed by atoms with Crippen LogP contribution in [0.15, 0.2) is 15.9 Å². The van der Waals surface area contributed by atoms with E-state index in [1.165, 1.54) is 15.1 Å². The first kappa shape index (κ1) is 16.2. The van der Waals surface area contributed by atoms with Gasteiger partial charge in [-0.05, 0) is 59.9 Å². The summed E-state index contributed by atoms with van der Waals surface area (Å²) in [5.74, 6) is 0. The molecular formula is C14H25BrN2S. The van der Waals surface area contributed by atoms with E-state index >= 15 is 0 Å². The zero-order valence-corrected chi connectivity index (χ0v) is 14.3. The maximum absolute atomic E-state index is 5.86. The zero-order valence-electron chi connectivity index (χ0n) is 11.9. The van der Waals surface area contributed by atoms with Gasteiger partial charge in [-0.1, -0.05) is 20.8 Å². The van der Waals surface area contributed by atoms with Crippen molar-refractivity contribution in [3.63, 3.8) is 0 Å². The van der Waals surface area contributed by atoms with Crippen LogP contribution >= 0.6 is 27.3 Å². The van der Waals surface area contributed by atoms with Gasteiger partial charge in [0, 0.05) is 17.5 Å². The highest BCUT2D eigenvalue weighted by Crippen LogP contribution is 2.32. The van der Waals surface area contributed by atoms with Crippen LogP contribution in [0.25, 0.3) is 0 Å². The number of halogens is 1. The van der Waals surface area contributed by atoms with Gasteiger partial charge in [-0.15, -0.1) is 11.3 Å². The highest BCUT2D eigenvalue weighted by Gasteiger charge is 2.24. The summed E-state index contributed by atoms with van der Waals surface area (Å²) in [5, 5.41) is 0. The molecule has 4 heteroatoms. The highest BCUT2D eigenvalue weighted by atomic mass is 79.9. The van der Waals surface area contributed by atoms with Gasteiger partial charge in [0.2, 0.25) is 0 Å². The van der Waals surface area contributed by atoms with E-state index < -0.39 is 0 Å². The Bertz CT molecular complexity index is 362. The predicted octanol–water partition coefficient (Wildman–Crippen LogP) is 4.27. The van der Waals surface area contributed by atoms with E-state index in [9.17, 15) is 0 Å². The molecule has 0 radical (unpaired) electrons. The standard InChI is InChI=1S/C14H25BrN2S/c1-5-8-17(10-14(3,4)9-16)11(2)12-6-7-13(15)18-12/h6-7,11H,5,8-10,16H2,1-4H3. The van der Waals surface area contributed by atoms with Crippen LogP contribution in [-0.4, -0.2) is 24.5 Å². The molecule has 0 saturated carbocycles. The predicted molar refractivity (Wildman–Crippen MR) is 85.1 cm³/mol. The molecule has 1 aromatic heterocycles. The SMILES string of the molecule is CCCN(CC(C)(C)CN)C(C)c1ccc(Br)s1. The monoisotopic (exact) mass is 332 g/mol. The number of rotatable bonds is 7. The van der Waals surface area contributed by atoms with Gasteiger partial charge >= 0.3 is 0 Å². The molecule has 0 aliphatic carbocycles. The lowest BCUT2D eigenvalue weighted by Gasteiger charge is -2.35. The van der Waals surface area contributed by atoms with E-state index in [1.54, 1.807) is 0 Å². The van der Waals surface area contributed by atoms with E-state index in [-0.39, 0.29) is 5.41 Å². The molecule has 2 nitrogen and oxygen atoms in total. The molecule has 0 fully saturated rings. The van der Waals surface area contributed by atoms with Gasteiger partial charge in [-0.2, -0.15) is 0 Å². The van der Waals surface area contributed by atoms with Gasteiger partial charge in [0.25, 0.3) is 0 Å². The molecule has 2 N–H and O–H groups in total. The first-order valence-corrected chi connectivity index (χ1v) is 8.20. The summed E-state index contributed by atoms with van der Waals surface area (Å²) in [4.78, 5) is 3.97. The fourth-order valence-corrected chi connectivity index (χ4v) is 3.55. The lowest BCUT2D eigenvalue weighted by Crippen LogP contribution is -2.40. The molecule has 104 valence electrons. The van der Waals surface area contributed by atoms with Crippen molar-refractivity contribution in [1.82, 2.24) is 4.90 Å². The Hall–Kier alpha value is 0.1000. The summed E-state index contributed by atoms with van der Waals surface area (Å²) >= 11 is 5.37. The molecule has 0 aliphatic rings. The van der Waals surface area contributed by atoms with Crippen molar-refractivity contribution < 1.29 is 0 Å². The van der Waals surface area contributed by atoms with E-state index in [4.69, 9.17) is 5.73 Å². The molecule has 1 rings (SSSR count). The van der Waals surface area contributed by atoms with Gasteiger partial charge in [0.1, 0.15) is 0 Å². The zero-order chi connectivity index (χ0) is 13.8. The fourth-order valence-electron chi connectivity index (χ4n) is 2.04. The Morgan fingerprint density at radius 1 is 1.44 bits per heavy atom. The van der Waals surface area contributed by atoms with E-state index in [2.05, 4.69) is 60.7 Å². The van der Waals surface area contributed by atoms with Crippen LogP contribution in [0.5, 0.6) is 0 Å². The molecule has 0 aliphatic heterocycles. The lowest BCUT2D eigenvalue weighted by molar-refractivity contribution is 0.142. The summed E-state index contributed by atoms with van der Waals surface area (Å²) in [5.41, 5.74) is 6.04. The Morgan fingerprint density at radius 3 is 2.56 bits per heavy atom. The maximum atomic E-state index is 5.86. The first-order valence-electron chi connectivity index (χ1n) is 6.59. The van der Waals surface area contributed by atoms with E-state index in [0.717, 1.165) is 19.6 Å². The average Bonchev–Trinajstić information content (AvgIpc) is 2.74. The molecule has 18 heavy (non-hydrogen) atoms. The third kappa shape index (κ3) is 4.65. The number of thiophene rings is 1. The Morgan fingerprint density at radius 2 is 2.11 bits per heavy atom. The van der Waals surface area contributed by atoms with Crippen molar-refractivity contribution in [2.24, 2.45) is 11.1 Å². The molecule has 1 heterocycles. The summed E-state index contributed by atoms with van der Waals surface area (Å²) in [6.45, 7) is 11.9. The van der Waals surface area contributed by atoms with Gasteiger partial charge in [0.05, 0.1) is 3.79 Å². The molecular weight excluding hydrogens is 308 g/mol. The van der Waals surface area contributed by atoms with Gasteiger partial charge in [-0.3, -0.25) is 4.90 Å². The smallest absolute Gasteiger partial charge is 0.0701 e. The first-order chi connectivity index (χ1) is 8.39. The molecule has 0 aromatic carbocycles. The quantitative estimate of drug-likeness (QED) is 0.807. The molecule has 0 saturated heterocycles. The molecule has 0 spiro atoms. The fraction of sp³-hybridized carbons (Fsp3) is 0.714. The molecule has 1 atom stereocenters. The molecule has 1 unspecified atom stereocenters. The number of nitrogens with zero attached hydrogens (tertiary/aromatic N) is 1. The van der Waals surface area contributed by atoms with E-state index in [0.29, 0.717) is 6.04 Å². The van der Waals surface area contributed by atoms with Crippen molar-refractivity contribution in [3.05, 3.63) is 20.8 Å². The van der Waals surface area contributed by atoms with Crippen molar-refractivity contribution in [2.45, 2.75) is 40.2 Å². The summed E-state index contributed by atoms with van der Waals surface area (Å²) in [7, 11) is 0. The Labute approximate surface area is 124 Å². The minimum Gasteiger partial charge on any atom is -0.330 e. The van der Waals surface area contributed by atoms with Crippen molar-refractivity contribution >= 4 is 27.3 Å². The van der Waals surface area contributed by atoms with Crippen molar-refractivity contribution in [1.29, 1.82) is 0 Å². The van der Waals surface area contributed by atoms with Gasteiger partial charge in [0.15, 0.2) is 0 Å². The molecule has 0 amide bonds. The van der Waals surface area contributed by atoms with Crippen LogP contribution in [0.3, 0.4) is 0 Å².